The molecule has 0 heterocycles. The molecule has 0 aliphatic carbocycles. The van der Waals surface area contributed by atoms with Gasteiger partial charge in [-0.15, -0.1) is 11.8 Å². The van der Waals surface area contributed by atoms with Crippen molar-refractivity contribution in [2.24, 2.45) is 0 Å². The number of nitrogens with one attached hydrogen (secondary N) is 3. The summed E-state index contributed by atoms with van der Waals surface area (Å²) in [4.78, 5) is 11.9. The molecule has 2 aromatic rings. The van der Waals surface area contributed by atoms with Crippen molar-refractivity contribution in [2.75, 3.05) is 11.1 Å². The van der Waals surface area contributed by atoms with Crippen LogP contribution in [0.25, 0.3) is 0 Å². The number of benzene rings is 2. The van der Waals surface area contributed by atoms with Crippen LogP contribution in [-0.2, 0) is 17.0 Å². The van der Waals surface area contributed by atoms with E-state index in [0.29, 0.717) is 10.9 Å². The van der Waals surface area contributed by atoms with Crippen LogP contribution in [0.1, 0.15) is 36.5 Å². The summed E-state index contributed by atoms with van der Waals surface area (Å²) in [6.07, 6.45) is 3.48. The fourth-order valence-electron chi connectivity index (χ4n) is 2.41. The molecule has 0 saturated heterocycles. The second-order valence-corrected chi connectivity index (χ2v) is 7.80. The van der Waals surface area contributed by atoms with Crippen molar-refractivity contribution in [1.29, 1.82) is 0 Å². The average molecular weight is 402 g/mol. The van der Waals surface area contributed by atoms with E-state index in [0.717, 1.165) is 17.9 Å². The molecule has 0 aliphatic rings. The highest BCUT2D eigenvalue weighted by molar-refractivity contribution is 7.99. The fraction of sp³-hybridized carbons (Fsp3) is 0.333. The van der Waals surface area contributed by atoms with Crippen LogP contribution in [0, 0.1) is 6.92 Å². The highest BCUT2D eigenvalue weighted by Crippen LogP contribution is 2.13. The third kappa shape index (κ3) is 8.45. The van der Waals surface area contributed by atoms with Crippen molar-refractivity contribution in [2.45, 2.75) is 38.9 Å². The van der Waals surface area contributed by atoms with E-state index in [1.54, 1.807) is 11.8 Å². The van der Waals surface area contributed by atoms with E-state index >= 15 is 0 Å². The first-order valence-corrected chi connectivity index (χ1v) is 10.7. The Balaban J connectivity index is 1.64. The lowest BCUT2D eigenvalue weighted by Crippen LogP contribution is -2.44. The van der Waals surface area contributed by atoms with Gasteiger partial charge in [-0.3, -0.25) is 15.6 Å². The van der Waals surface area contributed by atoms with Gasteiger partial charge in [0.25, 0.3) is 0 Å². The standard InChI is InChI=1S/C21H27N3OS2/c1-3-4-5-17-10-12-19(13-11-17)22-21(26)24-23-20(25)15-27-14-18-8-6-16(2)7-9-18/h6-13H,3-5,14-15H2,1-2H3,(H,23,25)(H2,22,24,26). The number of carbonyl (C=O) groups excluding carboxylic acids is 1. The van der Waals surface area contributed by atoms with Crippen molar-refractivity contribution in [1.82, 2.24) is 10.9 Å². The number of amides is 1. The third-order valence-electron chi connectivity index (χ3n) is 3.97. The Hall–Kier alpha value is -2.05. The summed E-state index contributed by atoms with van der Waals surface area (Å²) in [5.74, 6) is 1.07. The summed E-state index contributed by atoms with van der Waals surface area (Å²) >= 11 is 6.78. The molecule has 4 nitrogen and oxygen atoms in total. The van der Waals surface area contributed by atoms with Crippen molar-refractivity contribution < 1.29 is 4.79 Å². The van der Waals surface area contributed by atoms with Crippen LogP contribution in [0.3, 0.4) is 0 Å². The Morgan fingerprint density at radius 1 is 1.00 bits per heavy atom. The molecule has 0 atom stereocenters. The van der Waals surface area contributed by atoms with Crippen LogP contribution in [0.2, 0.25) is 0 Å². The smallest absolute Gasteiger partial charge is 0.248 e. The van der Waals surface area contributed by atoms with E-state index in [1.807, 2.05) is 12.1 Å². The van der Waals surface area contributed by atoms with Crippen LogP contribution >= 0.6 is 24.0 Å². The molecule has 0 bridgehead atoms. The van der Waals surface area contributed by atoms with E-state index in [2.05, 4.69) is 66.4 Å². The first kappa shape index (κ1) is 21.3. The largest absolute Gasteiger partial charge is 0.331 e. The highest BCUT2D eigenvalue weighted by Gasteiger charge is 2.04. The number of hydrazine groups is 1. The number of carbonyl (C=O) groups is 1. The molecule has 0 fully saturated rings. The molecule has 0 aromatic heterocycles. The zero-order chi connectivity index (χ0) is 19.5. The van der Waals surface area contributed by atoms with Crippen molar-refractivity contribution in [3.05, 3.63) is 65.2 Å². The van der Waals surface area contributed by atoms with Gasteiger partial charge in [-0.05, 0) is 55.2 Å². The average Bonchev–Trinajstić information content (AvgIpc) is 2.67. The number of rotatable bonds is 8. The zero-order valence-electron chi connectivity index (χ0n) is 15.9. The molecule has 3 N–H and O–H groups in total. The Labute approximate surface area is 171 Å². The quantitative estimate of drug-likeness (QED) is 0.446. The van der Waals surface area contributed by atoms with Gasteiger partial charge in [0.1, 0.15) is 0 Å². The van der Waals surface area contributed by atoms with Gasteiger partial charge in [-0.1, -0.05) is 55.3 Å². The number of aryl methyl sites for hydroxylation is 2. The molecule has 1 amide bonds. The van der Waals surface area contributed by atoms with E-state index in [1.165, 1.54) is 29.5 Å². The maximum Gasteiger partial charge on any atom is 0.248 e. The number of thiocarbonyl (C=S) groups is 1. The summed E-state index contributed by atoms with van der Waals surface area (Å²) < 4.78 is 0. The molecule has 0 unspecified atom stereocenters. The monoisotopic (exact) mass is 401 g/mol. The minimum absolute atomic E-state index is 0.105. The molecular formula is C21H27N3OS2. The van der Waals surface area contributed by atoms with Gasteiger partial charge in [0.15, 0.2) is 5.11 Å². The SMILES string of the molecule is CCCCc1ccc(NC(=S)NNC(=O)CSCc2ccc(C)cc2)cc1. The molecule has 0 radical (unpaired) electrons. The first-order valence-electron chi connectivity index (χ1n) is 9.15. The van der Waals surface area contributed by atoms with E-state index in [-0.39, 0.29) is 5.91 Å². The molecule has 6 heteroatoms. The zero-order valence-corrected chi connectivity index (χ0v) is 17.5. The fourth-order valence-corrected chi connectivity index (χ4v) is 3.36. The summed E-state index contributed by atoms with van der Waals surface area (Å²) in [7, 11) is 0. The van der Waals surface area contributed by atoms with Crippen LogP contribution < -0.4 is 16.2 Å². The maximum absolute atomic E-state index is 11.9. The van der Waals surface area contributed by atoms with Gasteiger partial charge in [-0.2, -0.15) is 0 Å². The van der Waals surface area contributed by atoms with E-state index in [9.17, 15) is 4.79 Å². The lowest BCUT2D eigenvalue weighted by atomic mass is 10.1. The Bertz CT molecular complexity index is 730. The molecule has 0 spiro atoms. The molecule has 0 saturated carbocycles. The summed E-state index contributed by atoms with van der Waals surface area (Å²) in [5, 5.41) is 3.44. The lowest BCUT2D eigenvalue weighted by Gasteiger charge is -2.12. The predicted molar refractivity (Wildman–Crippen MR) is 120 cm³/mol. The Morgan fingerprint density at radius 3 is 2.33 bits per heavy atom. The molecular weight excluding hydrogens is 374 g/mol. The normalized spacial score (nSPS) is 10.3. The number of hydrogen-bond donors (Lipinski definition) is 3. The van der Waals surface area contributed by atoms with Gasteiger partial charge < -0.3 is 5.32 Å². The minimum Gasteiger partial charge on any atom is -0.331 e. The molecule has 2 aromatic carbocycles. The van der Waals surface area contributed by atoms with E-state index in [4.69, 9.17) is 12.2 Å². The summed E-state index contributed by atoms with van der Waals surface area (Å²) in [6, 6.07) is 16.5. The van der Waals surface area contributed by atoms with Crippen molar-refractivity contribution in [3.8, 4) is 0 Å². The second-order valence-electron chi connectivity index (χ2n) is 6.41. The topological polar surface area (TPSA) is 53.2 Å². The molecule has 0 aliphatic heterocycles. The molecule has 27 heavy (non-hydrogen) atoms. The van der Waals surface area contributed by atoms with Gasteiger partial charge >= 0.3 is 0 Å². The molecule has 144 valence electrons. The van der Waals surface area contributed by atoms with Crippen LogP contribution in [0.15, 0.2) is 48.5 Å². The van der Waals surface area contributed by atoms with Gasteiger partial charge in [0, 0.05) is 11.4 Å². The van der Waals surface area contributed by atoms with Crippen molar-refractivity contribution >= 4 is 40.7 Å². The third-order valence-corrected chi connectivity index (χ3v) is 5.18. The number of thioether (sulfide) groups is 1. The second kappa shape index (κ2) is 11.6. The van der Waals surface area contributed by atoms with Crippen LogP contribution in [0.4, 0.5) is 5.69 Å². The first-order chi connectivity index (χ1) is 13.1. The molecule has 2 rings (SSSR count). The Kier molecular flexibility index (Phi) is 9.15. The lowest BCUT2D eigenvalue weighted by molar-refractivity contribution is -0.119. The van der Waals surface area contributed by atoms with E-state index < -0.39 is 0 Å². The number of unbranched alkanes of at least 4 members (excludes halogenated alkanes) is 1. The van der Waals surface area contributed by atoms with Gasteiger partial charge in [0.2, 0.25) is 5.91 Å². The predicted octanol–water partition coefficient (Wildman–Crippen LogP) is 4.59. The maximum atomic E-state index is 11.9. The van der Waals surface area contributed by atoms with Crippen LogP contribution in [0.5, 0.6) is 0 Å². The highest BCUT2D eigenvalue weighted by atomic mass is 32.2. The number of hydrogen-bond acceptors (Lipinski definition) is 3. The van der Waals surface area contributed by atoms with Gasteiger partial charge in [0.05, 0.1) is 5.75 Å². The van der Waals surface area contributed by atoms with Gasteiger partial charge in [-0.25, -0.2) is 0 Å². The summed E-state index contributed by atoms with van der Waals surface area (Å²) in [6.45, 7) is 4.25. The number of anilines is 1. The summed E-state index contributed by atoms with van der Waals surface area (Å²) in [5.41, 5.74) is 10.0. The van der Waals surface area contributed by atoms with Crippen molar-refractivity contribution in [3.63, 3.8) is 0 Å². The Morgan fingerprint density at radius 2 is 1.67 bits per heavy atom. The van der Waals surface area contributed by atoms with Crippen LogP contribution in [-0.4, -0.2) is 16.8 Å². The minimum atomic E-state index is -0.105.